The van der Waals surface area contributed by atoms with Crippen LogP contribution in [0.3, 0.4) is 0 Å². The van der Waals surface area contributed by atoms with E-state index >= 15 is 0 Å². The minimum absolute atomic E-state index is 0.0912. The number of carbonyl (C=O) groups is 1. The van der Waals surface area contributed by atoms with Gasteiger partial charge in [0.25, 0.3) is 5.91 Å². The summed E-state index contributed by atoms with van der Waals surface area (Å²) in [7, 11) is 5.74. The van der Waals surface area contributed by atoms with E-state index in [9.17, 15) is 18.0 Å². The molecule has 3 nitrogen and oxygen atoms in total. The van der Waals surface area contributed by atoms with Crippen molar-refractivity contribution in [3.05, 3.63) is 35.4 Å². The summed E-state index contributed by atoms with van der Waals surface area (Å²) >= 11 is 0. The maximum atomic E-state index is 12.6. The van der Waals surface area contributed by atoms with Crippen molar-refractivity contribution in [1.82, 2.24) is 9.80 Å². The molecule has 0 heterocycles. The van der Waals surface area contributed by atoms with Crippen molar-refractivity contribution in [2.75, 3.05) is 21.1 Å². The Hall–Kier alpha value is -1.56. The average molecular weight is 328 g/mol. The van der Waals surface area contributed by atoms with Crippen molar-refractivity contribution in [3.63, 3.8) is 0 Å². The molecule has 1 saturated carbocycles. The molecule has 1 aliphatic rings. The Kier molecular flexibility index (Phi) is 5.34. The molecule has 2 atom stereocenters. The monoisotopic (exact) mass is 328 g/mol. The van der Waals surface area contributed by atoms with Gasteiger partial charge in [-0.15, -0.1) is 0 Å². The van der Waals surface area contributed by atoms with Crippen LogP contribution in [0.25, 0.3) is 0 Å². The van der Waals surface area contributed by atoms with Crippen molar-refractivity contribution in [2.24, 2.45) is 0 Å². The number of rotatable bonds is 3. The van der Waals surface area contributed by atoms with Gasteiger partial charge in [0.05, 0.1) is 5.56 Å². The van der Waals surface area contributed by atoms with Gasteiger partial charge >= 0.3 is 6.18 Å². The summed E-state index contributed by atoms with van der Waals surface area (Å²) in [6, 6.07) is 4.82. The zero-order valence-corrected chi connectivity index (χ0v) is 13.7. The molecule has 1 aliphatic carbocycles. The molecule has 0 radical (unpaired) electrons. The first-order chi connectivity index (χ1) is 10.7. The first-order valence-corrected chi connectivity index (χ1v) is 7.82. The molecule has 1 amide bonds. The van der Waals surface area contributed by atoms with Crippen LogP contribution < -0.4 is 0 Å². The second-order valence-corrected chi connectivity index (χ2v) is 6.37. The number of carbonyl (C=O) groups excluding carboxylic acids is 1. The van der Waals surface area contributed by atoms with Gasteiger partial charge in [-0.1, -0.05) is 12.8 Å². The van der Waals surface area contributed by atoms with E-state index in [1.165, 1.54) is 12.1 Å². The lowest BCUT2D eigenvalue weighted by molar-refractivity contribution is -0.137. The van der Waals surface area contributed by atoms with Crippen LogP contribution in [0, 0.1) is 0 Å². The highest BCUT2D eigenvalue weighted by atomic mass is 19.4. The molecule has 0 aromatic heterocycles. The summed E-state index contributed by atoms with van der Waals surface area (Å²) in [6.45, 7) is 0. The molecule has 0 saturated heterocycles. The second kappa shape index (κ2) is 6.91. The lowest BCUT2D eigenvalue weighted by atomic mass is 9.88. The predicted molar refractivity (Wildman–Crippen MR) is 83.3 cm³/mol. The fourth-order valence-corrected chi connectivity index (χ4v) is 3.30. The Balaban J connectivity index is 2.15. The molecule has 1 fully saturated rings. The van der Waals surface area contributed by atoms with Gasteiger partial charge in [-0.3, -0.25) is 4.79 Å². The maximum absolute atomic E-state index is 12.6. The van der Waals surface area contributed by atoms with Crippen LogP contribution in [0.1, 0.15) is 41.6 Å². The van der Waals surface area contributed by atoms with Crippen molar-refractivity contribution in [3.8, 4) is 0 Å². The predicted octanol–water partition coefficient (Wildman–Crippen LogP) is 3.65. The molecule has 23 heavy (non-hydrogen) atoms. The van der Waals surface area contributed by atoms with E-state index in [4.69, 9.17) is 0 Å². The fraction of sp³-hybridized carbons (Fsp3) is 0.588. The fourth-order valence-electron chi connectivity index (χ4n) is 3.30. The third-order valence-electron chi connectivity index (χ3n) is 4.63. The molecular formula is C17H23F3N2O. The number of nitrogens with zero attached hydrogens (tertiary/aromatic N) is 2. The van der Waals surface area contributed by atoms with E-state index in [2.05, 4.69) is 4.90 Å². The third-order valence-corrected chi connectivity index (χ3v) is 4.63. The van der Waals surface area contributed by atoms with E-state index in [1.54, 1.807) is 11.9 Å². The summed E-state index contributed by atoms with van der Waals surface area (Å²) in [5, 5.41) is 0. The van der Waals surface area contributed by atoms with E-state index < -0.39 is 11.7 Å². The standard InChI is InChI=1S/C17H23F3N2O/c1-21(2)14-6-4-5-7-15(14)22(3)16(23)12-8-10-13(11-9-12)17(18,19)20/h8-11,14-15H,4-7H2,1-3H3/t14-,15+/m0/s1. The van der Waals surface area contributed by atoms with Gasteiger partial charge in [-0.2, -0.15) is 13.2 Å². The number of amides is 1. The normalized spacial score (nSPS) is 22.2. The number of halogens is 3. The van der Waals surface area contributed by atoms with Crippen LogP contribution in [0.2, 0.25) is 0 Å². The van der Waals surface area contributed by atoms with Crippen LogP contribution in [-0.2, 0) is 6.18 Å². The van der Waals surface area contributed by atoms with E-state index in [0.717, 1.165) is 37.8 Å². The number of hydrogen-bond donors (Lipinski definition) is 0. The quantitative estimate of drug-likeness (QED) is 0.845. The van der Waals surface area contributed by atoms with Crippen LogP contribution in [0.4, 0.5) is 13.2 Å². The molecule has 1 aromatic carbocycles. The zero-order chi connectivity index (χ0) is 17.2. The van der Waals surface area contributed by atoms with Crippen molar-refractivity contribution in [2.45, 2.75) is 43.9 Å². The molecule has 0 unspecified atom stereocenters. The highest BCUT2D eigenvalue weighted by molar-refractivity contribution is 5.94. The topological polar surface area (TPSA) is 23.6 Å². The van der Waals surface area contributed by atoms with Gasteiger partial charge in [0.2, 0.25) is 0 Å². The molecule has 0 N–H and O–H groups in total. The van der Waals surface area contributed by atoms with E-state index in [0.29, 0.717) is 5.56 Å². The Bertz CT molecular complexity index is 540. The van der Waals surface area contributed by atoms with Crippen molar-refractivity contribution in [1.29, 1.82) is 0 Å². The molecule has 1 aromatic rings. The molecular weight excluding hydrogens is 305 g/mol. The van der Waals surface area contributed by atoms with Crippen LogP contribution in [0.5, 0.6) is 0 Å². The van der Waals surface area contributed by atoms with Crippen LogP contribution in [0.15, 0.2) is 24.3 Å². The number of likely N-dealkylation sites (N-methyl/N-ethyl adjacent to an activating group) is 2. The van der Waals surface area contributed by atoms with Gasteiger partial charge in [-0.05, 0) is 51.2 Å². The molecule has 0 bridgehead atoms. The second-order valence-electron chi connectivity index (χ2n) is 6.37. The summed E-state index contributed by atoms with van der Waals surface area (Å²) in [5.74, 6) is -0.225. The van der Waals surface area contributed by atoms with Gasteiger partial charge in [-0.25, -0.2) is 0 Å². The van der Waals surface area contributed by atoms with Gasteiger partial charge in [0, 0.05) is 24.7 Å². The lowest BCUT2D eigenvalue weighted by Gasteiger charge is -2.41. The molecule has 0 spiro atoms. The lowest BCUT2D eigenvalue weighted by Crippen LogP contribution is -2.51. The van der Waals surface area contributed by atoms with Crippen molar-refractivity contribution >= 4 is 5.91 Å². The summed E-state index contributed by atoms with van der Waals surface area (Å²) in [4.78, 5) is 16.4. The maximum Gasteiger partial charge on any atom is 0.416 e. The number of benzene rings is 1. The minimum Gasteiger partial charge on any atom is -0.337 e. The molecule has 2 rings (SSSR count). The van der Waals surface area contributed by atoms with E-state index in [1.807, 2.05) is 14.1 Å². The summed E-state index contributed by atoms with van der Waals surface area (Å²) < 4.78 is 37.8. The Morgan fingerprint density at radius 2 is 1.52 bits per heavy atom. The van der Waals surface area contributed by atoms with Gasteiger partial charge in [0.15, 0.2) is 0 Å². The minimum atomic E-state index is -4.38. The average Bonchev–Trinajstić information content (AvgIpc) is 2.52. The molecule has 128 valence electrons. The van der Waals surface area contributed by atoms with Gasteiger partial charge < -0.3 is 9.80 Å². The number of alkyl halides is 3. The third kappa shape index (κ3) is 4.05. The van der Waals surface area contributed by atoms with Crippen LogP contribution in [-0.4, -0.2) is 48.9 Å². The zero-order valence-electron chi connectivity index (χ0n) is 13.7. The summed E-state index contributed by atoms with van der Waals surface area (Å²) in [5.41, 5.74) is -0.441. The number of hydrogen-bond acceptors (Lipinski definition) is 2. The smallest absolute Gasteiger partial charge is 0.337 e. The molecule has 6 heteroatoms. The van der Waals surface area contributed by atoms with Crippen LogP contribution >= 0.6 is 0 Å². The SMILES string of the molecule is CN(C)[C@H]1CCCC[C@H]1N(C)C(=O)c1ccc(C(F)(F)F)cc1. The van der Waals surface area contributed by atoms with Gasteiger partial charge in [0.1, 0.15) is 0 Å². The molecule has 0 aliphatic heterocycles. The first kappa shape index (κ1) is 17.8. The first-order valence-electron chi connectivity index (χ1n) is 7.82. The summed E-state index contributed by atoms with van der Waals surface area (Å²) in [6.07, 6.45) is -0.220. The van der Waals surface area contributed by atoms with Crippen molar-refractivity contribution < 1.29 is 18.0 Å². The van der Waals surface area contributed by atoms with E-state index in [-0.39, 0.29) is 18.0 Å². The Labute approximate surface area is 135 Å². The Morgan fingerprint density at radius 3 is 2.00 bits per heavy atom. The highest BCUT2D eigenvalue weighted by Crippen LogP contribution is 2.30. The Morgan fingerprint density at radius 1 is 1.00 bits per heavy atom. The largest absolute Gasteiger partial charge is 0.416 e. The highest BCUT2D eigenvalue weighted by Gasteiger charge is 2.33.